The van der Waals surface area contributed by atoms with E-state index in [0.29, 0.717) is 39.3 Å². The molecule has 176 valence electrons. The Labute approximate surface area is 205 Å². The van der Waals surface area contributed by atoms with Gasteiger partial charge in [0.2, 0.25) is 0 Å². The molecular formula is C24H21Cl2FN4O3. The summed E-state index contributed by atoms with van der Waals surface area (Å²) in [5.74, 6) is -0.498. The first-order valence-electron chi connectivity index (χ1n) is 10.4. The molecular weight excluding hydrogens is 482 g/mol. The molecule has 0 saturated carbocycles. The number of carbonyl (C=O) groups is 1. The van der Waals surface area contributed by atoms with Crippen LogP contribution in [-0.2, 0) is 13.2 Å². The second-order valence-corrected chi connectivity index (χ2v) is 8.51. The highest BCUT2D eigenvalue weighted by Crippen LogP contribution is 2.26. The number of ether oxygens (including phenoxy) is 1. The number of para-hydroxylation sites is 1. The van der Waals surface area contributed by atoms with Crippen molar-refractivity contribution in [1.82, 2.24) is 14.9 Å². The molecule has 0 unspecified atom stereocenters. The monoisotopic (exact) mass is 502 g/mol. The first-order valence-corrected chi connectivity index (χ1v) is 11.1. The summed E-state index contributed by atoms with van der Waals surface area (Å²) in [5.41, 5.74) is 3.35. The molecule has 10 heteroatoms. The van der Waals surface area contributed by atoms with Gasteiger partial charge in [0.1, 0.15) is 12.4 Å². The zero-order valence-corrected chi connectivity index (χ0v) is 20.2. The van der Waals surface area contributed by atoms with E-state index in [9.17, 15) is 9.18 Å². The third-order valence-corrected chi connectivity index (χ3v) is 6.08. The number of hydrogen-bond acceptors (Lipinski definition) is 5. The minimum Gasteiger partial charge on any atom is -0.486 e. The van der Waals surface area contributed by atoms with Crippen LogP contribution >= 0.6 is 23.2 Å². The molecule has 0 fully saturated rings. The normalized spacial score (nSPS) is 11.0. The maximum atomic E-state index is 13.9. The Balaban J connectivity index is 1.52. The highest BCUT2D eigenvalue weighted by molar-refractivity contribution is 6.42. The van der Waals surface area contributed by atoms with E-state index in [1.165, 1.54) is 12.1 Å². The van der Waals surface area contributed by atoms with E-state index in [-0.39, 0.29) is 18.1 Å². The van der Waals surface area contributed by atoms with Crippen molar-refractivity contribution in [2.75, 3.05) is 5.32 Å². The van der Waals surface area contributed by atoms with Gasteiger partial charge in [-0.05, 0) is 50.6 Å². The van der Waals surface area contributed by atoms with Crippen LogP contribution in [0, 0.1) is 26.6 Å². The topological polar surface area (TPSA) is 82.2 Å². The van der Waals surface area contributed by atoms with E-state index in [2.05, 4.69) is 15.6 Å². The summed E-state index contributed by atoms with van der Waals surface area (Å²) in [5, 5.41) is 12.2. The summed E-state index contributed by atoms with van der Waals surface area (Å²) < 4.78 is 26.4. The Morgan fingerprint density at radius 1 is 1.15 bits per heavy atom. The average molecular weight is 503 g/mol. The molecule has 4 aromatic rings. The van der Waals surface area contributed by atoms with Gasteiger partial charge in [-0.2, -0.15) is 5.10 Å². The second kappa shape index (κ2) is 9.87. The van der Waals surface area contributed by atoms with Crippen LogP contribution in [0.2, 0.25) is 10.0 Å². The maximum Gasteiger partial charge on any atom is 0.278 e. The van der Waals surface area contributed by atoms with Crippen molar-refractivity contribution in [3.63, 3.8) is 0 Å². The minimum absolute atomic E-state index is 0.0601. The van der Waals surface area contributed by atoms with Crippen LogP contribution in [0.1, 0.15) is 38.8 Å². The zero-order chi connectivity index (χ0) is 24.4. The van der Waals surface area contributed by atoms with Crippen LogP contribution in [0.5, 0.6) is 5.75 Å². The summed E-state index contributed by atoms with van der Waals surface area (Å²) >= 11 is 12.1. The maximum absolute atomic E-state index is 13.9. The molecule has 1 N–H and O–H groups in total. The largest absolute Gasteiger partial charge is 0.486 e. The van der Waals surface area contributed by atoms with Crippen molar-refractivity contribution in [2.45, 2.75) is 33.9 Å². The number of aromatic nitrogens is 3. The zero-order valence-electron chi connectivity index (χ0n) is 18.7. The molecule has 4 rings (SSSR count). The summed E-state index contributed by atoms with van der Waals surface area (Å²) in [7, 11) is 0. The van der Waals surface area contributed by atoms with Gasteiger partial charge in [0.05, 0.1) is 39.2 Å². The molecule has 0 aliphatic carbocycles. The third-order valence-electron chi connectivity index (χ3n) is 5.34. The van der Waals surface area contributed by atoms with Gasteiger partial charge >= 0.3 is 0 Å². The molecule has 2 aromatic carbocycles. The lowest BCUT2D eigenvalue weighted by Gasteiger charge is -2.09. The van der Waals surface area contributed by atoms with E-state index in [0.717, 1.165) is 11.3 Å². The molecule has 0 spiro atoms. The lowest BCUT2D eigenvalue weighted by Crippen LogP contribution is -2.16. The van der Waals surface area contributed by atoms with Gasteiger partial charge in [-0.3, -0.25) is 9.48 Å². The standard InChI is InChI=1S/C24H21Cl2FN4O3/c1-13-22(14(2)31(29-13)11-16-8-9-18(25)19(26)10-16)28-24(32)23-17(15(3)34-30-23)12-33-21-7-5-4-6-20(21)27/h4-10H,11-12H2,1-3H3,(H,28,32). The van der Waals surface area contributed by atoms with Gasteiger partial charge in [-0.25, -0.2) is 4.39 Å². The van der Waals surface area contributed by atoms with Crippen LogP contribution in [0.25, 0.3) is 0 Å². The smallest absolute Gasteiger partial charge is 0.278 e. The molecule has 0 radical (unpaired) electrons. The van der Waals surface area contributed by atoms with Crippen LogP contribution < -0.4 is 10.1 Å². The van der Waals surface area contributed by atoms with Gasteiger partial charge in [0.15, 0.2) is 17.3 Å². The predicted molar refractivity (Wildman–Crippen MR) is 127 cm³/mol. The van der Waals surface area contributed by atoms with E-state index in [4.69, 9.17) is 32.5 Å². The van der Waals surface area contributed by atoms with Gasteiger partial charge in [0.25, 0.3) is 5.91 Å². The Bertz CT molecular complexity index is 1370. The number of rotatable bonds is 7. The summed E-state index contributed by atoms with van der Waals surface area (Å²) in [6, 6.07) is 11.4. The molecule has 1 amide bonds. The van der Waals surface area contributed by atoms with Crippen molar-refractivity contribution in [3.8, 4) is 5.75 Å². The quantitative estimate of drug-likeness (QED) is 0.329. The fourth-order valence-electron chi connectivity index (χ4n) is 3.47. The summed E-state index contributed by atoms with van der Waals surface area (Å²) in [6.07, 6.45) is 0. The van der Waals surface area contributed by atoms with E-state index < -0.39 is 11.7 Å². The number of amides is 1. The lowest BCUT2D eigenvalue weighted by atomic mass is 10.2. The molecule has 0 atom stereocenters. The number of halogens is 3. The first-order chi connectivity index (χ1) is 16.2. The highest BCUT2D eigenvalue weighted by Gasteiger charge is 2.23. The summed E-state index contributed by atoms with van der Waals surface area (Å²) in [4.78, 5) is 13.0. The first kappa shape index (κ1) is 23.8. The number of hydrogen-bond donors (Lipinski definition) is 1. The lowest BCUT2D eigenvalue weighted by molar-refractivity contribution is 0.101. The number of nitrogens with one attached hydrogen (secondary N) is 1. The molecule has 0 aliphatic heterocycles. The number of carbonyl (C=O) groups excluding carboxylic acids is 1. The Morgan fingerprint density at radius 3 is 2.65 bits per heavy atom. The molecule has 2 aromatic heterocycles. The number of benzene rings is 2. The molecule has 2 heterocycles. The van der Waals surface area contributed by atoms with Gasteiger partial charge in [0, 0.05) is 0 Å². The van der Waals surface area contributed by atoms with Crippen molar-refractivity contribution in [3.05, 3.63) is 92.3 Å². The average Bonchev–Trinajstić information content (AvgIpc) is 3.30. The molecule has 0 aliphatic rings. The molecule has 7 nitrogen and oxygen atoms in total. The molecule has 0 bridgehead atoms. The van der Waals surface area contributed by atoms with Crippen molar-refractivity contribution >= 4 is 34.8 Å². The van der Waals surface area contributed by atoms with Crippen LogP contribution in [0.15, 0.2) is 47.0 Å². The Kier molecular flexibility index (Phi) is 6.90. The number of aryl methyl sites for hydroxylation is 2. The van der Waals surface area contributed by atoms with E-state index >= 15 is 0 Å². The predicted octanol–water partition coefficient (Wildman–Crippen LogP) is 6.12. The summed E-state index contributed by atoms with van der Waals surface area (Å²) in [6.45, 7) is 5.68. The molecule has 34 heavy (non-hydrogen) atoms. The van der Waals surface area contributed by atoms with Crippen molar-refractivity contribution in [1.29, 1.82) is 0 Å². The number of nitrogens with zero attached hydrogens (tertiary/aromatic N) is 3. The highest BCUT2D eigenvalue weighted by atomic mass is 35.5. The SMILES string of the molecule is Cc1nn(Cc2ccc(Cl)c(Cl)c2)c(C)c1NC(=O)c1noc(C)c1COc1ccccc1F. The van der Waals surface area contributed by atoms with Crippen molar-refractivity contribution < 1.29 is 18.4 Å². The number of anilines is 1. The van der Waals surface area contributed by atoms with Crippen molar-refractivity contribution in [2.24, 2.45) is 0 Å². The fourth-order valence-corrected chi connectivity index (χ4v) is 3.79. The molecule has 0 saturated heterocycles. The fraction of sp³-hybridized carbons (Fsp3) is 0.208. The van der Waals surface area contributed by atoms with Gasteiger partial charge in [-0.1, -0.05) is 46.6 Å². The van der Waals surface area contributed by atoms with Crippen LogP contribution in [0.3, 0.4) is 0 Å². The minimum atomic E-state index is -0.497. The second-order valence-electron chi connectivity index (χ2n) is 7.69. The van der Waals surface area contributed by atoms with E-state index in [1.807, 2.05) is 13.0 Å². The van der Waals surface area contributed by atoms with Crippen LogP contribution in [0.4, 0.5) is 10.1 Å². The van der Waals surface area contributed by atoms with Gasteiger partial charge < -0.3 is 14.6 Å². The van der Waals surface area contributed by atoms with E-state index in [1.54, 1.807) is 42.8 Å². The Hall–Kier alpha value is -3.36. The third kappa shape index (κ3) is 4.93. The van der Waals surface area contributed by atoms with Gasteiger partial charge in [-0.15, -0.1) is 0 Å². The Morgan fingerprint density at radius 2 is 1.91 bits per heavy atom. The van der Waals surface area contributed by atoms with Crippen LogP contribution in [-0.4, -0.2) is 20.8 Å².